The van der Waals surface area contributed by atoms with Crippen LogP contribution in [0.5, 0.6) is 0 Å². The van der Waals surface area contributed by atoms with Gasteiger partial charge in [0, 0.05) is 36.9 Å². The molecule has 1 aromatic carbocycles. The molecule has 21 heavy (non-hydrogen) atoms. The number of nitrogens with one attached hydrogen (secondary N) is 1. The highest BCUT2D eigenvalue weighted by Gasteiger charge is 2.29. The molecule has 3 heteroatoms. The lowest BCUT2D eigenvalue weighted by molar-refractivity contribution is 0.238. The summed E-state index contributed by atoms with van der Waals surface area (Å²) in [5, 5.41) is 3.45. The van der Waals surface area contributed by atoms with Crippen LogP contribution in [0.2, 0.25) is 0 Å². The van der Waals surface area contributed by atoms with Crippen molar-refractivity contribution < 1.29 is 4.39 Å². The minimum atomic E-state index is -0.0653. The van der Waals surface area contributed by atoms with Crippen molar-refractivity contribution in [3.63, 3.8) is 0 Å². The highest BCUT2D eigenvalue weighted by atomic mass is 19.1. The number of anilines is 1. The van der Waals surface area contributed by atoms with Crippen molar-refractivity contribution in [1.29, 1.82) is 0 Å². The molecule has 1 saturated carbocycles. The molecule has 2 fully saturated rings. The molecule has 1 aliphatic heterocycles. The van der Waals surface area contributed by atoms with E-state index >= 15 is 0 Å². The van der Waals surface area contributed by atoms with Crippen molar-refractivity contribution in [3.05, 3.63) is 29.6 Å². The maximum absolute atomic E-state index is 14.2. The van der Waals surface area contributed by atoms with Crippen LogP contribution in [0.4, 0.5) is 10.1 Å². The summed E-state index contributed by atoms with van der Waals surface area (Å²) in [6, 6.07) is 6.13. The van der Waals surface area contributed by atoms with Gasteiger partial charge in [-0.25, -0.2) is 4.39 Å². The zero-order valence-electron chi connectivity index (χ0n) is 13.3. The normalized spacial score (nSPS) is 21.6. The summed E-state index contributed by atoms with van der Waals surface area (Å²) >= 11 is 0. The Morgan fingerprint density at radius 3 is 2.62 bits per heavy atom. The number of nitrogens with zero attached hydrogens (tertiary/aromatic N) is 1. The summed E-state index contributed by atoms with van der Waals surface area (Å²) < 4.78 is 14.2. The maximum Gasteiger partial charge on any atom is 0.129 e. The van der Waals surface area contributed by atoms with Gasteiger partial charge < -0.3 is 10.2 Å². The second kappa shape index (κ2) is 5.96. The first-order valence-electron chi connectivity index (χ1n) is 8.37. The van der Waals surface area contributed by atoms with E-state index in [4.69, 9.17) is 0 Å². The largest absolute Gasteiger partial charge is 0.371 e. The molecule has 1 heterocycles. The van der Waals surface area contributed by atoms with Crippen LogP contribution in [0.15, 0.2) is 18.2 Å². The molecule has 0 amide bonds. The van der Waals surface area contributed by atoms with Crippen LogP contribution >= 0.6 is 0 Å². The minimum Gasteiger partial charge on any atom is -0.371 e. The average Bonchev–Trinajstić information content (AvgIpc) is 3.31. The standard InChI is InChI=1S/C18H27FN2/c1-3-18(2)9-11-21(12-10-18)17-6-4-5-16(19)15(17)13-20-14-7-8-14/h4-6,14,20H,3,7-13H2,1-2H3. The van der Waals surface area contributed by atoms with Gasteiger partial charge in [0.05, 0.1) is 0 Å². The molecule has 116 valence electrons. The molecule has 0 bridgehead atoms. The van der Waals surface area contributed by atoms with Gasteiger partial charge in [-0.1, -0.05) is 26.3 Å². The number of rotatable bonds is 5. The summed E-state index contributed by atoms with van der Waals surface area (Å²) in [6.45, 7) is 7.41. The lowest BCUT2D eigenvalue weighted by Gasteiger charge is -2.40. The fourth-order valence-electron chi connectivity index (χ4n) is 3.19. The van der Waals surface area contributed by atoms with Gasteiger partial charge in [-0.05, 0) is 43.2 Å². The van der Waals surface area contributed by atoms with Gasteiger partial charge in [-0.15, -0.1) is 0 Å². The molecule has 1 saturated heterocycles. The van der Waals surface area contributed by atoms with Gasteiger partial charge >= 0.3 is 0 Å². The molecular weight excluding hydrogens is 263 g/mol. The van der Waals surface area contributed by atoms with Crippen LogP contribution in [0.1, 0.15) is 51.5 Å². The van der Waals surface area contributed by atoms with E-state index in [1.165, 1.54) is 32.1 Å². The van der Waals surface area contributed by atoms with Gasteiger partial charge in [0.15, 0.2) is 0 Å². The third-order valence-corrected chi connectivity index (χ3v) is 5.40. The van der Waals surface area contributed by atoms with Crippen LogP contribution in [0, 0.1) is 11.2 Å². The first-order valence-corrected chi connectivity index (χ1v) is 8.37. The quantitative estimate of drug-likeness (QED) is 0.878. The van der Waals surface area contributed by atoms with Gasteiger partial charge in [0.2, 0.25) is 0 Å². The summed E-state index contributed by atoms with van der Waals surface area (Å²) in [5.41, 5.74) is 2.42. The molecule has 3 rings (SSSR count). The Bertz CT molecular complexity index is 488. The molecule has 0 spiro atoms. The Labute approximate surface area is 127 Å². The third-order valence-electron chi connectivity index (χ3n) is 5.40. The van der Waals surface area contributed by atoms with Gasteiger partial charge in [0.25, 0.3) is 0 Å². The Morgan fingerprint density at radius 1 is 1.29 bits per heavy atom. The number of hydrogen-bond donors (Lipinski definition) is 1. The molecule has 2 nitrogen and oxygen atoms in total. The van der Waals surface area contributed by atoms with Crippen LogP contribution < -0.4 is 10.2 Å². The second-order valence-electron chi connectivity index (χ2n) is 7.04. The maximum atomic E-state index is 14.2. The fourth-order valence-corrected chi connectivity index (χ4v) is 3.19. The molecule has 0 radical (unpaired) electrons. The lowest BCUT2D eigenvalue weighted by atomic mass is 9.78. The Morgan fingerprint density at radius 2 is 2.00 bits per heavy atom. The molecule has 0 atom stereocenters. The molecular formula is C18H27FN2. The Balaban J connectivity index is 1.73. The number of piperidine rings is 1. The van der Waals surface area contributed by atoms with Gasteiger partial charge in [0.1, 0.15) is 5.82 Å². The minimum absolute atomic E-state index is 0.0653. The zero-order chi connectivity index (χ0) is 14.9. The molecule has 1 aromatic rings. The zero-order valence-corrected chi connectivity index (χ0v) is 13.3. The monoisotopic (exact) mass is 290 g/mol. The SMILES string of the molecule is CCC1(C)CCN(c2cccc(F)c2CNC2CC2)CC1. The van der Waals surface area contributed by atoms with Crippen LogP contribution in [0.25, 0.3) is 0 Å². The van der Waals surface area contributed by atoms with E-state index in [2.05, 4.69) is 30.1 Å². The number of halogens is 1. The van der Waals surface area contributed by atoms with Crippen LogP contribution in [0.3, 0.4) is 0 Å². The van der Waals surface area contributed by atoms with Crippen molar-refractivity contribution in [1.82, 2.24) is 5.32 Å². The van der Waals surface area contributed by atoms with Gasteiger partial charge in [-0.3, -0.25) is 0 Å². The van der Waals surface area contributed by atoms with Crippen molar-refractivity contribution >= 4 is 5.69 Å². The van der Waals surface area contributed by atoms with E-state index in [0.29, 0.717) is 18.0 Å². The molecule has 1 N–H and O–H groups in total. The Hall–Kier alpha value is -1.09. The summed E-state index contributed by atoms with van der Waals surface area (Å²) in [5.74, 6) is -0.0653. The molecule has 0 unspecified atom stereocenters. The van der Waals surface area contributed by atoms with Crippen molar-refractivity contribution in [2.45, 2.75) is 58.5 Å². The lowest BCUT2D eigenvalue weighted by Crippen LogP contribution is -2.39. The molecule has 0 aromatic heterocycles. The smallest absolute Gasteiger partial charge is 0.129 e. The van der Waals surface area contributed by atoms with Gasteiger partial charge in [-0.2, -0.15) is 0 Å². The average molecular weight is 290 g/mol. The highest BCUT2D eigenvalue weighted by Crippen LogP contribution is 2.37. The fraction of sp³-hybridized carbons (Fsp3) is 0.667. The third kappa shape index (κ3) is 3.39. The van der Waals surface area contributed by atoms with E-state index in [9.17, 15) is 4.39 Å². The van der Waals surface area contributed by atoms with E-state index in [0.717, 1.165) is 24.3 Å². The van der Waals surface area contributed by atoms with E-state index in [1.54, 1.807) is 6.07 Å². The summed E-state index contributed by atoms with van der Waals surface area (Å²) in [4.78, 5) is 2.38. The van der Waals surface area contributed by atoms with Crippen LogP contribution in [-0.2, 0) is 6.54 Å². The highest BCUT2D eigenvalue weighted by molar-refractivity contribution is 5.54. The second-order valence-corrected chi connectivity index (χ2v) is 7.04. The summed E-state index contributed by atoms with van der Waals surface area (Å²) in [6.07, 6.45) is 6.12. The summed E-state index contributed by atoms with van der Waals surface area (Å²) in [7, 11) is 0. The predicted molar refractivity (Wildman–Crippen MR) is 86.1 cm³/mol. The van der Waals surface area contributed by atoms with Crippen molar-refractivity contribution in [2.24, 2.45) is 5.41 Å². The number of benzene rings is 1. The Kier molecular flexibility index (Phi) is 4.21. The van der Waals surface area contributed by atoms with E-state index < -0.39 is 0 Å². The van der Waals surface area contributed by atoms with Crippen molar-refractivity contribution in [2.75, 3.05) is 18.0 Å². The first-order chi connectivity index (χ1) is 10.1. The topological polar surface area (TPSA) is 15.3 Å². The van der Waals surface area contributed by atoms with E-state index in [1.807, 2.05) is 6.07 Å². The first kappa shape index (κ1) is 14.8. The number of hydrogen-bond acceptors (Lipinski definition) is 2. The van der Waals surface area contributed by atoms with Crippen molar-refractivity contribution in [3.8, 4) is 0 Å². The van der Waals surface area contributed by atoms with E-state index in [-0.39, 0.29) is 5.82 Å². The predicted octanol–water partition coefficient (Wildman–Crippen LogP) is 4.09. The molecule has 2 aliphatic rings. The molecule has 1 aliphatic carbocycles. The van der Waals surface area contributed by atoms with Crippen LogP contribution in [-0.4, -0.2) is 19.1 Å².